The Morgan fingerprint density at radius 2 is 1.96 bits per heavy atom. The van der Waals surface area contributed by atoms with Crippen molar-refractivity contribution in [1.82, 2.24) is 14.5 Å². The van der Waals surface area contributed by atoms with Gasteiger partial charge in [-0.05, 0) is 57.9 Å². The van der Waals surface area contributed by atoms with E-state index in [4.69, 9.17) is 4.74 Å². The Hall–Kier alpha value is -3.40. The van der Waals surface area contributed by atoms with Gasteiger partial charge >= 0.3 is 5.97 Å². The van der Waals surface area contributed by atoms with Crippen molar-refractivity contribution in [3.8, 4) is 29.2 Å². The Balaban J connectivity index is 1.95. The highest BCUT2D eigenvalue weighted by atomic mass is 19.1. The third-order valence-electron chi connectivity index (χ3n) is 4.11. The SMILES string of the molecule is Cc1nc2ncn(C#Cc3ccc(F)cc3)c(O)c-2c1COC(=O)C(C)(C)C. The van der Waals surface area contributed by atoms with Gasteiger partial charge in [-0.3, -0.25) is 4.79 Å². The maximum Gasteiger partial charge on any atom is 0.311 e. The molecule has 1 aromatic rings. The standard InChI is InChI=1S/C21H20FN3O3/c1-13-16(11-28-20(27)21(2,3)4)17-18(24-13)23-12-25(19(17)26)10-9-14-5-7-15(22)8-6-14/h5-8,12,26H,11H2,1-4H3. The molecule has 3 rings (SSSR count). The number of rotatable bonds is 2. The van der Waals surface area contributed by atoms with Crippen LogP contribution >= 0.6 is 0 Å². The van der Waals surface area contributed by atoms with E-state index in [1.807, 2.05) is 0 Å². The fraction of sp³-hybridized carbons (Fsp3) is 0.286. The van der Waals surface area contributed by atoms with Gasteiger partial charge in [0.25, 0.3) is 0 Å². The molecule has 0 saturated carbocycles. The Morgan fingerprint density at radius 3 is 2.61 bits per heavy atom. The second-order valence-electron chi connectivity index (χ2n) is 7.38. The largest absolute Gasteiger partial charge is 0.493 e. The molecule has 144 valence electrons. The smallest absolute Gasteiger partial charge is 0.311 e. The minimum absolute atomic E-state index is 0.0247. The average Bonchev–Trinajstić information content (AvgIpc) is 2.95. The van der Waals surface area contributed by atoms with E-state index in [0.29, 0.717) is 28.2 Å². The van der Waals surface area contributed by atoms with Crippen LogP contribution in [0.5, 0.6) is 5.88 Å². The van der Waals surface area contributed by atoms with Crippen molar-refractivity contribution in [2.75, 3.05) is 0 Å². The lowest BCUT2D eigenvalue weighted by Gasteiger charge is -2.17. The molecular formula is C21H20FN3O3. The van der Waals surface area contributed by atoms with Crippen LogP contribution in [0.3, 0.4) is 0 Å². The predicted octanol–water partition coefficient (Wildman–Crippen LogP) is 3.48. The number of carbonyl (C=O) groups is 1. The summed E-state index contributed by atoms with van der Waals surface area (Å²) in [6, 6.07) is 8.46. The van der Waals surface area contributed by atoms with Gasteiger partial charge in [-0.15, -0.1) is 0 Å². The molecule has 2 aliphatic rings. The number of ether oxygens (including phenoxy) is 1. The lowest BCUT2D eigenvalue weighted by molar-refractivity contribution is -0.154. The van der Waals surface area contributed by atoms with Gasteiger partial charge in [0, 0.05) is 22.9 Å². The van der Waals surface area contributed by atoms with Crippen molar-refractivity contribution in [2.45, 2.75) is 34.3 Å². The fourth-order valence-corrected chi connectivity index (χ4v) is 2.48. The summed E-state index contributed by atoms with van der Waals surface area (Å²) in [5.41, 5.74) is 1.53. The number of fused-ring (bicyclic) bond motifs is 1. The topological polar surface area (TPSA) is 77.2 Å². The number of halogens is 1. The Bertz CT molecular complexity index is 1050. The van der Waals surface area contributed by atoms with Crippen LogP contribution in [0.4, 0.5) is 4.39 Å². The van der Waals surface area contributed by atoms with Gasteiger partial charge in [-0.2, -0.15) is 0 Å². The molecule has 0 atom stereocenters. The second-order valence-corrected chi connectivity index (χ2v) is 7.38. The number of benzene rings is 1. The van der Waals surface area contributed by atoms with E-state index in [1.54, 1.807) is 27.7 Å². The summed E-state index contributed by atoms with van der Waals surface area (Å²) in [6.07, 6.45) is 1.35. The summed E-state index contributed by atoms with van der Waals surface area (Å²) in [6.45, 7) is 7.03. The molecule has 0 aromatic heterocycles. The number of hydrogen-bond acceptors (Lipinski definition) is 5. The number of aromatic nitrogens is 3. The van der Waals surface area contributed by atoms with Gasteiger partial charge in [0.1, 0.15) is 18.8 Å². The maximum atomic E-state index is 13.0. The van der Waals surface area contributed by atoms with Crippen molar-refractivity contribution in [3.63, 3.8) is 0 Å². The van der Waals surface area contributed by atoms with Crippen LogP contribution in [-0.2, 0) is 16.1 Å². The third-order valence-corrected chi connectivity index (χ3v) is 4.11. The maximum absolute atomic E-state index is 13.0. The Kier molecular flexibility index (Phi) is 5.06. The molecule has 1 N–H and O–H groups in total. The van der Waals surface area contributed by atoms with Crippen molar-refractivity contribution >= 4 is 5.97 Å². The van der Waals surface area contributed by atoms with Gasteiger partial charge in [0.2, 0.25) is 5.88 Å². The highest BCUT2D eigenvalue weighted by molar-refractivity contribution is 5.76. The van der Waals surface area contributed by atoms with Gasteiger partial charge in [-0.25, -0.2) is 18.9 Å². The van der Waals surface area contributed by atoms with Crippen LogP contribution in [0.25, 0.3) is 11.4 Å². The molecule has 0 saturated heterocycles. The molecule has 0 spiro atoms. The van der Waals surface area contributed by atoms with E-state index >= 15 is 0 Å². The van der Waals surface area contributed by atoms with E-state index in [0.717, 1.165) is 0 Å². The first-order chi connectivity index (χ1) is 13.2. The van der Waals surface area contributed by atoms with Crippen LogP contribution in [0, 0.1) is 30.1 Å². The van der Waals surface area contributed by atoms with E-state index in [-0.39, 0.29) is 24.3 Å². The quantitative estimate of drug-likeness (QED) is 0.543. The summed E-state index contributed by atoms with van der Waals surface area (Å²) in [7, 11) is 0. The lowest BCUT2D eigenvalue weighted by atomic mass is 9.97. The molecule has 0 bridgehead atoms. The summed E-state index contributed by atoms with van der Waals surface area (Å²) in [4.78, 5) is 20.6. The van der Waals surface area contributed by atoms with Gasteiger partial charge in [0.15, 0.2) is 5.82 Å². The van der Waals surface area contributed by atoms with Gasteiger partial charge < -0.3 is 9.84 Å². The molecule has 28 heavy (non-hydrogen) atoms. The second kappa shape index (κ2) is 7.31. The number of hydrogen-bond donors (Lipinski definition) is 1. The van der Waals surface area contributed by atoms with Gasteiger partial charge in [-0.1, -0.05) is 0 Å². The highest BCUT2D eigenvalue weighted by Crippen LogP contribution is 2.35. The van der Waals surface area contributed by atoms with Crippen LogP contribution in [-0.4, -0.2) is 25.6 Å². The van der Waals surface area contributed by atoms with E-state index < -0.39 is 5.41 Å². The first kappa shape index (κ1) is 19.4. The zero-order chi connectivity index (χ0) is 20.5. The molecule has 0 aliphatic carbocycles. The van der Waals surface area contributed by atoms with E-state index in [9.17, 15) is 14.3 Å². The van der Waals surface area contributed by atoms with Crippen LogP contribution in [0.15, 0.2) is 30.6 Å². The number of aromatic hydroxyl groups is 1. The minimum Gasteiger partial charge on any atom is -0.493 e. The van der Waals surface area contributed by atoms with Crippen LogP contribution < -0.4 is 0 Å². The number of esters is 1. The molecule has 0 radical (unpaired) electrons. The van der Waals surface area contributed by atoms with Crippen molar-refractivity contribution in [2.24, 2.45) is 5.41 Å². The van der Waals surface area contributed by atoms with Crippen LogP contribution in [0.1, 0.15) is 37.6 Å². The van der Waals surface area contributed by atoms with Crippen molar-refractivity contribution in [1.29, 1.82) is 0 Å². The molecule has 0 amide bonds. The molecule has 7 heteroatoms. The third kappa shape index (κ3) is 3.96. The Labute approximate surface area is 162 Å². The number of nitrogens with zero attached hydrogens (tertiary/aromatic N) is 3. The number of carbonyl (C=O) groups excluding carboxylic acids is 1. The molecule has 1 aromatic carbocycles. The monoisotopic (exact) mass is 381 g/mol. The minimum atomic E-state index is -0.634. The molecule has 2 aliphatic heterocycles. The zero-order valence-corrected chi connectivity index (χ0v) is 16.1. The van der Waals surface area contributed by atoms with Crippen molar-refractivity contribution in [3.05, 3.63) is 53.2 Å². The average molecular weight is 381 g/mol. The molecular weight excluding hydrogens is 361 g/mol. The van der Waals surface area contributed by atoms with E-state index in [1.165, 1.54) is 35.2 Å². The van der Waals surface area contributed by atoms with Crippen molar-refractivity contribution < 1.29 is 19.0 Å². The zero-order valence-electron chi connectivity index (χ0n) is 16.1. The lowest BCUT2D eigenvalue weighted by Crippen LogP contribution is -2.22. The summed E-state index contributed by atoms with van der Waals surface area (Å²) >= 11 is 0. The summed E-state index contributed by atoms with van der Waals surface area (Å²) in [5.74, 6) is 2.32. The summed E-state index contributed by atoms with van der Waals surface area (Å²) in [5, 5.41) is 10.7. The molecule has 0 unspecified atom stereocenters. The fourth-order valence-electron chi connectivity index (χ4n) is 2.48. The van der Waals surface area contributed by atoms with Gasteiger partial charge in [0.05, 0.1) is 11.0 Å². The molecule has 0 fully saturated rings. The first-order valence-corrected chi connectivity index (χ1v) is 8.67. The molecule has 6 nitrogen and oxygen atoms in total. The normalized spacial score (nSPS) is 11.2. The molecule has 2 heterocycles. The number of aryl methyl sites for hydroxylation is 1. The van der Waals surface area contributed by atoms with E-state index in [2.05, 4.69) is 21.9 Å². The predicted molar refractivity (Wildman–Crippen MR) is 101 cm³/mol. The first-order valence-electron chi connectivity index (χ1n) is 8.67. The summed E-state index contributed by atoms with van der Waals surface area (Å²) < 4.78 is 19.6. The van der Waals surface area contributed by atoms with Crippen LogP contribution in [0.2, 0.25) is 0 Å². The Morgan fingerprint density at radius 1 is 1.29 bits per heavy atom. The highest BCUT2D eigenvalue weighted by Gasteiger charge is 2.27.